The van der Waals surface area contributed by atoms with Crippen molar-refractivity contribution in [1.82, 2.24) is 5.48 Å². The third-order valence-corrected chi connectivity index (χ3v) is 1.88. The summed E-state index contributed by atoms with van der Waals surface area (Å²) in [5.74, 6) is -0.288. The summed E-state index contributed by atoms with van der Waals surface area (Å²) in [6, 6.07) is 4.44. The average molecular weight is 232 g/mol. The van der Waals surface area contributed by atoms with E-state index in [-0.39, 0.29) is 11.4 Å². The molecule has 0 aromatic heterocycles. The molecule has 0 spiro atoms. The van der Waals surface area contributed by atoms with Gasteiger partial charge in [0.25, 0.3) is 0 Å². The highest BCUT2D eigenvalue weighted by molar-refractivity contribution is 6.30. The summed E-state index contributed by atoms with van der Waals surface area (Å²) in [4.78, 5) is 5.27. The topological polar surface area (TPSA) is 21.3 Å². The Kier molecular flexibility index (Phi) is 4.08. The molecule has 0 bridgehead atoms. The van der Waals surface area contributed by atoms with Crippen LogP contribution in [0.3, 0.4) is 0 Å². The molecule has 1 rings (SSSR count). The predicted octanol–water partition coefficient (Wildman–Crippen LogP) is 3.30. The highest BCUT2D eigenvalue weighted by Gasteiger charge is 2.10. The highest BCUT2D eigenvalue weighted by Crippen LogP contribution is 2.15. The molecule has 0 saturated carbocycles. The molecule has 0 heterocycles. The molecule has 1 aromatic rings. The van der Waals surface area contributed by atoms with Crippen LogP contribution in [0.25, 0.3) is 0 Å². The van der Waals surface area contributed by atoms with Crippen LogP contribution in [0.4, 0.5) is 4.39 Å². The van der Waals surface area contributed by atoms with Crippen molar-refractivity contribution >= 4 is 11.6 Å². The van der Waals surface area contributed by atoms with Crippen molar-refractivity contribution in [2.45, 2.75) is 32.9 Å². The molecule has 15 heavy (non-hydrogen) atoms. The maximum Gasteiger partial charge on any atom is 0.127 e. The quantitative estimate of drug-likeness (QED) is 0.806. The van der Waals surface area contributed by atoms with Crippen LogP contribution in [-0.4, -0.2) is 5.60 Å². The Morgan fingerprint density at radius 1 is 1.40 bits per heavy atom. The molecule has 0 aliphatic heterocycles. The van der Waals surface area contributed by atoms with Crippen molar-refractivity contribution < 1.29 is 9.23 Å². The molecular formula is C11H15ClFNO. The fraction of sp³-hybridized carbons (Fsp3) is 0.455. The minimum absolute atomic E-state index is 0.288. The van der Waals surface area contributed by atoms with Crippen LogP contribution in [0.5, 0.6) is 0 Å². The standard InChI is InChI=1S/C11H15ClFNO/c1-11(2,3)15-14-7-8-6-9(12)4-5-10(8)13/h4-6,14H,7H2,1-3H3. The number of nitrogens with one attached hydrogen (secondary N) is 1. The number of hydrogen-bond donors (Lipinski definition) is 1. The second-order valence-electron chi connectivity index (χ2n) is 4.27. The zero-order valence-electron chi connectivity index (χ0n) is 9.10. The van der Waals surface area contributed by atoms with Crippen LogP contribution in [0, 0.1) is 5.82 Å². The van der Waals surface area contributed by atoms with Crippen LogP contribution in [-0.2, 0) is 11.4 Å². The van der Waals surface area contributed by atoms with Crippen LogP contribution in [0.1, 0.15) is 26.3 Å². The number of rotatable bonds is 3. The fourth-order valence-electron chi connectivity index (χ4n) is 1.01. The molecule has 1 aromatic carbocycles. The van der Waals surface area contributed by atoms with Gasteiger partial charge in [0, 0.05) is 17.1 Å². The number of hydrogen-bond acceptors (Lipinski definition) is 2. The molecule has 0 fully saturated rings. The van der Waals surface area contributed by atoms with Gasteiger partial charge in [0.15, 0.2) is 0 Å². The first kappa shape index (κ1) is 12.4. The Balaban J connectivity index is 2.54. The van der Waals surface area contributed by atoms with Crippen LogP contribution in [0.2, 0.25) is 5.02 Å². The average Bonchev–Trinajstić information content (AvgIpc) is 2.09. The molecule has 0 aliphatic carbocycles. The lowest BCUT2D eigenvalue weighted by molar-refractivity contribution is -0.0760. The van der Waals surface area contributed by atoms with Crippen molar-refractivity contribution in [2.75, 3.05) is 0 Å². The summed E-state index contributed by atoms with van der Waals surface area (Å²) < 4.78 is 13.2. The number of benzene rings is 1. The normalized spacial score (nSPS) is 11.8. The van der Waals surface area contributed by atoms with Crippen LogP contribution >= 0.6 is 11.6 Å². The molecule has 1 N–H and O–H groups in total. The Hall–Kier alpha value is -0.640. The van der Waals surface area contributed by atoms with E-state index in [0.29, 0.717) is 17.1 Å². The van der Waals surface area contributed by atoms with E-state index in [1.165, 1.54) is 12.1 Å². The zero-order chi connectivity index (χ0) is 11.5. The van der Waals surface area contributed by atoms with Gasteiger partial charge in [-0.2, -0.15) is 5.48 Å². The molecule has 0 atom stereocenters. The molecule has 4 heteroatoms. The smallest absolute Gasteiger partial charge is 0.127 e. The summed E-state index contributed by atoms with van der Waals surface area (Å²) in [6.45, 7) is 6.03. The van der Waals surface area contributed by atoms with Gasteiger partial charge in [-0.1, -0.05) is 11.6 Å². The van der Waals surface area contributed by atoms with Crippen LogP contribution < -0.4 is 5.48 Å². The molecule has 0 amide bonds. The largest absolute Gasteiger partial charge is 0.296 e. The molecule has 0 aliphatic rings. The van der Waals surface area contributed by atoms with Gasteiger partial charge in [-0.3, -0.25) is 4.84 Å². The lowest BCUT2D eigenvalue weighted by atomic mass is 10.2. The Bertz CT molecular complexity index is 336. The van der Waals surface area contributed by atoms with Gasteiger partial charge in [-0.05, 0) is 39.0 Å². The molecule has 0 unspecified atom stereocenters. The summed E-state index contributed by atoms with van der Waals surface area (Å²) >= 11 is 5.75. The maximum absolute atomic E-state index is 13.2. The van der Waals surface area contributed by atoms with E-state index < -0.39 is 0 Å². The Morgan fingerprint density at radius 2 is 2.07 bits per heavy atom. The first-order valence-electron chi connectivity index (χ1n) is 4.73. The lowest BCUT2D eigenvalue weighted by Gasteiger charge is -2.19. The third kappa shape index (κ3) is 4.60. The fourth-order valence-corrected chi connectivity index (χ4v) is 1.20. The lowest BCUT2D eigenvalue weighted by Crippen LogP contribution is -2.28. The van der Waals surface area contributed by atoms with E-state index in [4.69, 9.17) is 16.4 Å². The van der Waals surface area contributed by atoms with E-state index in [2.05, 4.69) is 5.48 Å². The first-order valence-corrected chi connectivity index (χ1v) is 5.11. The van der Waals surface area contributed by atoms with Gasteiger partial charge < -0.3 is 0 Å². The van der Waals surface area contributed by atoms with Crippen molar-refractivity contribution in [3.05, 3.63) is 34.6 Å². The van der Waals surface area contributed by atoms with Gasteiger partial charge in [0.05, 0.1) is 5.60 Å². The minimum Gasteiger partial charge on any atom is -0.296 e. The molecule has 2 nitrogen and oxygen atoms in total. The molecule has 0 radical (unpaired) electrons. The van der Waals surface area contributed by atoms with E-state index in [9.17, 15) is 4.39 Å². The SMILES string of the molecule is CC(C)(C)ONCc1cc(Cl)ccc1F. The van der Waals surface area contributed by atoms with Crippen molar-refractivity contribution in [2.24, 2.45) is 0 Å². The van der Waals surface area contributed by atoms with Gasteiger partial charge in [-0.15, -0.1) is 0 Å². The second-order valence-corrected chi connectivity index (χ2v) is 4.71. The second kappa shape index (κ2) is 4.92. The Morgan fingerprint density at radius 3 is 2.67 bits per heavy atom. The van der Waals surface area contributed by atoms with Gasteiger partial charge in [0.2, 0.25) is 0 Å². The van der Waals surface area contributed by atoms with E-state index in [0.717, 1.165) is 0 Å². The highest BCUT2D eigenvalue weighted by atomic mass is 35.5. The molecular weight excluding hydrogens is 217 g/mol. The van der Waals surface area contributed by atoms with E-state index >= 15 is 0 Å². The summed E-state index contributed by atoms with van der Waals surface area (Å²) in [6.07, 6.45) is 0. The number of halogens is 2. The zero-order valence-corrected chi connectivity index (χ0v) is 9.86. The van der Waals surface area contributed by atoms with Gasteiger partial charge in [-0.25, -0.2) is 4.39 Å². The first-order chi connectivity index (χ1) is 6.88. The summed E-state index contributed by atoms with van der Waals surface area (Å²) in [5, 5.41) is 0.518. The predicted molar refractivity (Wildman–Crippen MR) is 59.1 cm³/mol. The van der Waals surface area contributed by atoms with Crippen molar-refractivity contribution in [3.63, 3.8) is 0 Å². The molecule has 0 saturated heterocycles. The van der Waals surface area contributed by atoms with Crippen LogP contribution in [0.15, 0.2) is 18.2 Å². The summed E-state index contributed by atoms with van der Waals surface area (Å²) in [5.41, 5.74) is 2.91. The van der Waals surface area contributed by atoms with E-state index in [1.807, 2.05) is 20.8 Å². The Labute approximate surface area is 94.3 Å². The van der Waals surface area contributed by atoms with Gasteiger partial charge >= 0.3 is 0 Å². The monoisotopic (exact) mass is 231 g/mol. The van der Waals surface area contributed by atoms with Crippen molar-refractivity contribution in [1.29, 1.82) is 0 Å². The van der Waals surface area contributed by atoms with E-state index in [1.54, 1.807) is 6.07 Å². The van der Waals surface area contributed by atoms with Crippen molar-refractivity contribution in [3.8, 4) is 0 Å². The van der Waals surface area contributed by atoms with Gasteiger partial charge in [0.1, 0.15) is 5.82 Å². The maximum atomic E-state index is 13.2. The minimum atomic E-state index is -0.297. The summed E-state index contributed by atoms with van der Waals surface area (Å²) in [7, 11) is 0. The third-order valence-electron chi connectivity index (χ3n) is 1.65. The number of hydroxylamine groups is 1. The molecule has 84 valence electrons.